The number of benzene rings is 1. The van der Waals surface area contributed by atoms with Crippen LogP contribution in [0.15, 0.2) is 42.5 Å². The van der Waals surface area contributed by atoms with Gasteiger partial charge >= 0.3 is 11.9 Å². The van der Waals surface area contributed by atoms with Crippen LogP contribution in [0.1, 0.15) is 6.42 Å². The minimum absolute atomic E-state index is 0.0460. The third-order valence-electron chi connectivity index (χ3n) is 4.55. The van der Waals surface area contributed by atoms with Crippen LogP contribution in [0.25, 0.3) is 10.9 Å². The second-order valence-electron chi connectivity index (χ2n) is 6.12. The molecule has 3 atom stereocenters. The lowest BCUT2D eigenvalue weighted by atomic mass is 9.93. The minimum atomic E-state index is -0.659. The molecule has 0 saturated carbocycles. The van der Waals surface area contributed by atoms with Crippen molar-refractivity contribution < 1.29 is 23.9 Å². The number of carbonyl (C=O) groups is 2. The number of hydrogen-bond donors (Lipinski definition) is 1. The second kappa shape index (κ2) is 6.34. The van der Waals surface area contributed by atoms with E-state index >= 15 is 0 Å². The highest BCUT2D eigenvalue weighted by Gasteiger charge is 2.36. The molecule has 2 aromatic rings. The van der Waals surface area contributed by atoms with E-state index in [0.717, 1.165) is 5.39 Å². The lowest BCUT2D eigenvalue weighted by Gasteiger charge is -2.29. The average molecular weight is 342 g/mol. The van der Waals surface area contributed by atoms with Crippen molar-refractivity contribution >= 4 is 22.8 Å². The Morgan fingerprint density at radius 3 is 2.84 bits per heavy atom. The van der Waals surface area contributed by atoms with E-state index in [1.807, 2.05) is 30.4 Å². The minimum Gasteiger partial charge on any atom is -0.406 e. The Kier molecular flexibility index (Phi) is 4.03. The van der Waals surface area contributed by atoms with Crippen molar-refractivity contribution in [2.24, 2.45) is 5.92 Å². The fourth-order valence-corrected chi connectivity index (χ4v) is 3.19. The van der Waals surface area contributed by atoms with Crippen molar-refractivity contribution in [3.8, 4) is 5.88 Å². The maximum atomic E-state index is 12.7. The Hall–Kier alpha value is -2.64. The third kappa shape index (κ3) is 2.92. The Bertz CT molecular complexity index is 856. The summed E-state index contributed by atoms with van der Waals surface area (Å²) in [4.78, 5) is 30.4. The Morgan fingerprint density at radius 2 is 2.08 bits per heavy atom. The number of aromatic nitrogens is 1. The summed E-state index contributed by atoms with van der Waals surface area (Å²) in [5, 5.41) is 4.04. The van der Waals surface area contributed by atoms with E-state index in [-0.39, 0.29) is 24.4 Å². The molecule has 3 unspecified atom stereocenters. The lowest BCUT2D eigenvalue weighted by Crippen LogP contribution is -2.48. The number of hydrogen-bond acceptors (Lipinski definition) is 6. The zero-order valence-corrected chi connectivity index (χ0v) is 13.7. The topological polar surface area (TPSA) is 78.8 Å². The van der Waals surface area contributed by atoms with Crippen molar-refractivity contribution in [3.05, 3.63) is 42.5 Å². The van der Waals surface area contributed by atoms with Crippen LogP contribution in [0, 0.1) is 5.92 Å². The van der Waals surface area contributed by atoms with E-state index in [1.54, 1.807) is 19.2 Å². The number of nitrogens with zero attached hydrogens (tertiary/aromatic N) is 1. The summed E-state index contributed by atoms with van der Waals surface area (Å²) in [7, 11) is 1.62. The fourth-order valence-electron chi connectivity index (χ4n) is 3.19. The molecule has 0 amide bonds. The zero-order chi connectivity index (χ0) is 17.4. The number of fused-ring (bicyclic) bond motifs is 3. The summed E-state index contributed by atoms with van der Waals surface area (Å²) in [6, 6.07) is 8.75. The maximum absolute atomic E-state index is 12.7. The Morgan fingerprint density at radius 1 is 1.24 bits per heavy atom. The Labute approximate surface area is 144 Å². The quantitative estimate of drug-likeness (QED) is 0.650. The van der Waals surface area contributed by atoms with Crippen LogP contribution in [0.3, 0.4) is 0 Å². The number of para-hydroxylation sites is 1. The first kappa shape index (κ1) is 15.9. The van der Waals surface area contributed by atoms with Gasteiger partial charge in [-0.1, -0.05) is 30.4 Å². The van der Waals surface area contributed by atoms with E-state index in [9.17, 15) is 9.59 Å². The normalized spacial score (nSPS) is 26.5. The monoisotopic (exact) mass is 342 g/mol. The lowest BCUT2D eigenvalue weighted by molar-refractivity contribution is -0.156. The molecule has 25 heavy (non-hydrogen) atoms. The van der Waals surface area contributed by atoms with Crippen LogP contribution < -0.4 is 14.9 Å². The Balaban J connectivity index is 1.65. The molecule has 7 heteroatoms. The summed E-state index contributed by atoms with van der Waals surface area (Å²) in [5.41, 5.74) is 0.677. The van der Waals surface area contributed by atoms with Crippen LogP contribution in [-0.4, -0.2) is 42.5 Å². The first-order chi connectivity index (χ1) is 12.2. The van der Waals surface area contributed by atoms with Gasteiger partial charge in [0.1, 0.15) is 0 Å². The van der Waals surface area contributed by atoms with Gasteiger partial charge in [0.2, 0.25) is 5.88 Å². The second-order valence-corrected chi connectivity index (χ2v) is 6.12. The number of methoxy groups -OCH3 is 1. The largest absolute Gasteiger partial charge is 0.406 e. The van der Waals surface area contributed by atoms with Crippen molar-refractivity contribution in [2.75, 3.05) is 13.7 Å². The molecule has 130 valence electrons. The summed E-state index contributed by atoms with van der Waals surface area (Å²) in [6.07, 6.45) is 3.61. The van der Waals surface area contributed by atoms with Gasteiger partial charge in [-0.3, -0.25) is 4.79 Å². The number of rotatable bonds is 2. The van der Waals surface area contributed by atoms with Crippen molar-refractivity contribution in [2.45, 2.75) is 18.6 Å². The van der Waals surface area contributed by atoms with Crippen molar-refractivity contribution in [1.29, 1.82) is 0 Å². The SMILES string of the molecule is COC1C=CC(C2CC(=O)On3c(cc4ccccc43)OC2=O)NC1. The first-order valence-electron chi connectivity index (χ1n) is 8.13. The van der Waals surface area contributed by atoms with Gasteiger partial charge in [0, 0.05) is 31.1 Å². The zero-order valence-electron chi connectivity index (χ0n) is 13.7. The highest BCUT2D eigenvalue weighted by atomic mass is 16.7. The molecule has 3 heterocycles. The van der Waals surface area contributed by atoms with E-state index in [0.29, 0.717) is 12.1 Å². The van der Waals surface area contributed by atoms with Crippen molar-refractivity contribution in [3.63, 3.8) is 0 Å². The highest BCUT2D eigenvalue weighted by molar-refractivity contribution is 5.87. The molecule has 0 fully saturated rings. The fraction of sp³-hybridized carbons (Fsp3) is 0.333. The number of esters is 1. The molecule has 0 radical (unpaired) electrons. The molecule has 0 aliphatic carbocycles. The summed E-state index contributed by atoms with van der Waals surface area (Å²) in [6.45, 7) is 0.566. The standard InChI is InChI=1S/C18H18N2O5/c1-23-12-6-7-14(19-10-12)13-9-17(21)25-20-15-5-3-2-4-11(15)8-16(20)24-18(13)22/h2-8,12-14,19H,9-10H2,1H3. The van der Waals surface area contributed by atoms with Gasteiger partial charge in [-0.15, -0.1) is 4.73 Å². The van der Waals surface area contributed by atoms with Gasteiger partial charge in [0.15, 0.2) is 0 Å². The van der Waals surface area contributed by atoms with Gasteiger partial charge in [0.25, 0.3) is 0 Å². The van der Waals surface area contributed by atoms with Crippen LogP contribution in [0.2, 0.25) is 0 Å². The molecule has 0 bridgehead atoms. The molecule has 4 rings (SSSR count). The average Bonchev–Trinajstić information content (AvgIpc) is 2.95. The molecule has 2 aliphatic rings. The van der Waals surface area contributed by atoms with Crippen LogP contribution in [0.4, 0.5) is 0 Å². The molecule has 0 saturated heterocycles. The van der Waals surface area contributed by atoms with Crippen LogP contribution in [0.5, 0.6) is 5.88 Å². The smallest absolute Gasteiger partial charge is 0.334 e. The van der Waals surface area contributed by atoms with Gasteiger partial charge in [-0.25, -0.2) is 4.79 Å². The summed E-state index contributed by atoms with van der Waals surface area (Å²) >= 11 is 0. The molecular formula is C18H18N2O5. The molecule has 1 aromatic carbocycles. The molecular weight excluding hydrogens is 324 g/mol. The summed E-state index contributed by atoms with van der Waals surface area (Å²) in [5.74, 6) is -1.39. The van der Waals surface area contributed by atoms with Gasteiger partial charge in [0.05, 0.1) is 24.0 Å². The van der Waals surface area contributed by atoms with E-state index in [1.165, 1.54) is 4.73 Å². The number of carbonyl (C=O) groups excluding carboxylic acids is 2. The highest BCUT2D eigenvalue weighted by Crippen LogP contribution is 2.28. The van der Waals surface area contributed by atoms with Crippen molar-refractivity contribution in [1.82, 2.24) is 10.0 Å². The predicted octanol–water partition coefficient (Wildman–Crippen LogP) is 1.06. The first-order valence-corrected chi connectivity index (χ1v) is 8.13. The number of ether oxygens (including phenoxy) is 2. The third-order valence-corrected chi connectivity index (χ3v) is 4.55. The van der Waals surface area contributed by atoms with E-state index in [2.05, 4.69) is 5.32 Å². The molecule has 1 N–H and O–H groups in total. The molecule has 1 aromatic heterocycles. The van der Waals surface area contributed by atoms with Crippen LogP contribution in [-0.2, 0) is 14.3 Å². The molecule has 0 spiro atoms. The predicted molar refractivity (Wildman–Crippen MR) is 89.0 cm³/mol. The number of nitrogens with one attached hydrogen (secondary N) is 1. The van der Waals surface area contributed by atoms with Gasteiger partial charge < -0.3 is 19.6 Å². The van der Waals surface area contributed by atoms with Gasteiger partial charge in [-0.05, 0) is 6.07 Å². The van der Waals surface area contributed by atoms with Gasteiger partial charge in [-0.2, -0.15) is 0 Å². The van der Waals surface area contributed by atoms with E-state index in [4.69, 9.17) is 14.3 Å². The molecule has 2 aliphatic heterocycles. The van der Waals surface area contributed by atoms with Crippen LogP contribution >= 0.6 is 0 Å². The molecule has 7 nitrogen and oxygen atoms in total. The van der Waals surface area contributed by atoms with E-state index < -0.39 is 17.9 Å². The summed E-state index contributed by atoms with van der Waals surface area (Å²) < 4.78 is 12.0. The maximum Gasteiger partial charge on any atom is 0.334 e.